The van der Waals surface area contributed by atoms with Crippen molar-refractivity contribution in [3.8, 4) is 12.5 Å². The highest BCUT2D eigenvalue weighted by molar-refractivity contribution is 5.79. The van der Waals surface area contributed by atoms with Crippen LogP contribution in [0.15, 0.2) is 0 Å². The summed E-state index contributed by atoms with van der Waals surface area (Å²) in [5.41, 5.74) is 0. The van der Waals surface area contributed by atoms with Gasteiger partial charge in [0.25, 0.3) is 0 Å². The third kappa shape index (κ3) is 5.03. The minimum Gasteiger partial charge on any atom is -0.480 e. The summed E-state index contributed by atoms with van der Waals surface area (Å²) in [6, 6.07) is -1.48. The maximum Gasteiger partial charge on any atom is 0.337 e. The van der Waals surface area contributed by atoms with Gasteiger partial charge in [-0.15, -0.1) is 0 Å². The van der Waals surface area contributed by atoms with Crippen molar-refractivity contribution < 1.29 is 19.4 Å². The van der Waals surface area contributed by atoms with Crippen molar-refractivity contribution in [2.75, 3.05) is 0 Å². The number of carboxylic acids is 1. The van der Waals surface area contributed by atoms with Crippen LogP contribution in [-0.4, -0.2) is 29.1 Å². The van der Waals surface area contributed by atoms with Crippen LogP contribution in [0.4, 0.5) is 0 Å². The summed E-state index contributed by atoms with van der Waals surface area (Å²) >= 11 is 0. The number of terminal acetylenes is 1. The molecular weight excluding hydrogens is 198 g/mol. The highest BCUT2D eigenvalue weighted by atomic mass is 16.5. The molecule has 0 aliphatic rings. The number of hydrogen-bond donors (Lipinski definition) is 2. The lowest BCUT2D eigenvalue weighted by molar-refractivity contribution is -0.142. The predicted molar refractivity (Wildman–Crippen MR) is 53.9 cm³/mol. The van der Waals surface area contributed by atoms with Gasteiger partial charge in [0.05, 0.1) is 0 Å². The van der Waals surface area contributed by atoms with Gasteiger partial charge in [0.2, 0.25) is 0 Å². The van der Waals surface area contributed by atoms with E-state index in [1.807, 2.05) is 6.92 Å². The van der Waals surface area contributed by atoms with Gasteiger partial charge >= 0.3 is 11.9 Å². The van der Waals surface area contributed by atoms with Crippen LogP contribution in [0.1, 0.15) is 26.7 Å². The first kappa shape index (κ1) is 13.5. The molecule has 0 rings (SSSR count). The summed E-state index contributed by atoms with van der Waals surface area (Å²) in [6.07, 6.45) is 7.80. The minimum absolute atomic E-state index is 0.484. The second-order valence-corrected chi connectivity index (χ2v) is 3.11. The van der Waals surface area contributed by atoms with Crippen molar-refractivity contribution in [2.45, 2.75) is 38.8 Å². The summed E-state index contributed by atoms with van der Waals surface area (Å²) in [6.45, 7) is 3.33. The van der Waals surface area contributed by atoms with E-state index in [2.05, 4.69) is 10.1 Å². The predicted octanol–water partition coefficient (Wildman–Crippen LogP) is 0.352. The highest BCUT2D eigenvalue weighted by Gasteiger charge is 2.23. The molecule has 0 bridgehead atoms. The van der Waals surface area contributed by atoms with Gasteiger partial charge in [0, 0.05) is 0 Å². The first-order valence-electron chi connectivity index (χ1n) is 4.68. The van der Waals surface area contributed by atoms with E-state index in [1.165, 1.54) is 6.92 Å². The average molecular weight is 213 g/mol. The van der Waals surface area contributed by atoms with E-state index >= 15 is 0 Å². The van der Waals surface area contributed by atoms with E-state index in [0.29, 0.717) is 6.42 Å². The van der Waals surface area contributed by atoms with Gasteiger partial charge in [-0.2, -0.15) is 0 Å². The van der Waals surface area contributed by atoms with Crippen LogP contribution in [0.2, 0.25) is 0 Å². The fourth-order valence-electron chi connectivity index (χ4n) is 1.06. The van der Waals surface area contributed by atoms with Crippen molar-refractivity contribution in [1.29, 1.82) is 0 Å². The Morgan fingerprint density at radius 1 is 1.60 bits per heavy atom. The number of hydrogen-bond acceptors (Lipinski definition) is 4. The molecule has 15 heavy (non-hydrogen) atoms. The number of nitrogens with one attached hydrogen (secondary N) is 1. The fourth-order valence-corrected chi connectivity index (χ4v) is 1.06. The molecular formula is C10H15NO4. The van der Waals surface area contributed by atoms with Gasteiger partial charge in [-0.05, 0) is 13.3 Å². The molecule has 0 unspecified atom stereocenters. The molecule has 0 spiro atoms. The SMILES string of the molecule is C#COC(=O)[C@H](CCC)N[C@@H](C)C(=O)O. The molecule has 2 N–H and O–H groups in total. The van der Waals surface area contributed by atoms with Crippen molar-refractivity contribution in [3.05, 3.63) is 0 Å². The second-order valence-electron chi connectivity index (χ2n) is 3.11. The lowest BCUT2D eigenvalue weighted by Crippen LogP contribution is -2.45. The van der Waals surface area contributed by atoms with Gasteiger partial charge in [0.1, 0.15) is 18.2 Å². The molecule has 5 nitrogen and oxygen atoms in total. The van der Waals surface area contributed by atoms with Crippen LogP contribution in [0, 0.1) is 12.5 Å². The molecule has 0 aromatic carbocycles. The van der Waals surface area contributed by atoms with E-state index in [4.69, 9.17) is 11.5 Å². The molecule has 0 aromatic heterocycles. The Labute approximate surface area is 88.8 Å². The standard InChI is InChI=1S/C10H15NO4/c1-4-6-8(10(14)15-5-2)11-7(3)9(12)13/h2,7-8,11H,4,6H2,1,3H3,(H,12,13)/t7-,8-/m0/s1. The largest absolute Gasteiger partial charge is 0.480 e. The number of ether oxygens (including phenoxy) is 1. The Hall–Kier alpha value is -1.54. The molecule has 0 saturated heterocycles. The molecule has 0 fully saturated rings. The van der Waals surface area contributed by atoms with Crippen molar-refractivity contribution >= 4 is 11.9 Å². The van der Waals surface area contributed by atoms with Gasteiger partial charge in [-0.25, -0.2) is 4.79 Å². The smallest absolute Gasteiger partial charge is 0.337 e. The average Bonchev–Trinajstić information content (AvgIpc) is 2.17. The minimum atomic E-state index is -1.02. The van der Waals surface area contributed by atoms with Gasteiger partial charge in [-0.1, -0.05) is 19.8 Å². The number of esters is 1. The maximum absolute atomic E-state index is 11.3. The number of carboxylic acid groups (broad SMARTS) is 1. The van der Waals surface area contributed by atoms with E-state index in [0.717, 1.165) is 6.42 Å². The Bertz CT molecular complexity index is 269. The number of rotatable bonds is 6. The van der Waals surface area contributed by atoms with Gasteiger partial charge < -0.3 is 9.84 Å². The molecule has 0 aliphatic heterocycles. The maximum atomic E-state index is 11.3. The summed E-state index contributed by atoms with van der Waals surface area (Å²) in [7, 11) is 0. The van der Waals surface area contributed by atoms with E-state index in [9.17, 15) is 9.59 Å². The number of carbonyl (C=O) groups excluding carboxylic acids is 1. The van der Waals surface area contributed by atoms with Crippen LogP contribution in [-0.2, 0) is 14.3 Å². The van der Waals surface area contributed by atoms with Crippen molar-refractivity contribution in [3.63, 3.8) is 0 Å². The first-order chi connectivity index (χ1) is 7.02. The van der Waals surface area contributed by atoms with E-state index in [1.54, 1.807) is 6.11 Å². The molecule has 0 amide bonds. The molecule has 0 saturated carbocycles. The lowest BCUT2D eigenvalue weighted by atomic mass is 10.1. The monoisotopic (exact) mass is 213 g/mol. The van der Waals surface area contributed by atoms with Crippen molar-refractivity contribution in [2.24, 2.45) is 0 Å². The van der Waals surface area contributed by atoms with Crippen molar-refractivity contribution in [1.82, 2.24) is 5.32 Å². The van der Waals surface area contributed by atoms with Gasteiger partial charge in [0.15, 0.2) is 0 Å². The summed E-state index contributed by atoms with van der Waals surface area (Å²) < 4.78 is 4.37. The van der Waals surface area contributed by atoms with Crippen LogP contribution in [0.5, 0.6) is 0 Å². The summed E-state index contributed by atoms with van der Waals surface area (Å²) in [5.74, 6) is -1.64. The van der Waals surface area contributed by atoms with E-state index in [-0.39, 0.29) is 0 Å². The Morgan fingerprint density at radius 2 is 2.20 bits per heavy atom. The first-order valence-corrected chi connectivity index (χ1v) is 4.68. The Balaban J connectivity index is 4.33. The normalized spacial score (nSPS) is 13.7. The van der Waals surface area contributed by atoms with Gasteiger partial charge in [-0.3, -0.25) is 10.1 Å². The number of carbonyl (C=O) groups is 2. The summed E-state index contributed by atoms with van der Waals surface area (Å²) in [4.78, 5) is 21.8. The zero-order valence-electron chi connectivity index (χ0n) is 8.82. The van der Waals surface area contributed by atoms with E-state index < -0.39 is 24.0 Å². The highest BCUT2D eigenvalue weighted by Crippen LogP contribution is 2.01. The zero-order chi connectivity index (χ0) is 11.8. The fraction of sp³-hybridized carbons (Fsp3) is 0.600. The van der Waals surface area contributed by atoms with Crippen LogP contribution < -0.4 is 5.32 Å². The molecule has 0 heterocycles. The molecule has 84 valence electrons. The number of aliphatic carboxylic acids is 1. The molecule has 0 aromatic rings. The quantitative estimate of drug-likeness (QED) is 0.492. The van der Waals surface area contributed by atoms with Crippen LogP contribution >= 0.6 is 0 Å². The third-order valence-electron chi connectivity index (χ3n) is 1.84. The molecule has 5 heteroatoms. The Kier molecular flexibility index (Phi) is 6.14. The molecule has 0 radical (unpaired) electrons. The van der Waals surface area contributed by atoms with Crippen LogP contribution in [0.3, 0.4) is 0 Å². The Morgan fingerprint density at radius 3 is 2.60 bits per heavy atom. The van der Waals surface area contributed by atoms with Crippen LogP contribution in [0.25, 0.3) is 0 Å². The topological polar surface area (TPSA) is 75.6 Å². The third-order valence-corrected chi connectivity index (χ3v) is 1.84. The molecule has 0 aliphatic carbocycles. The lowest BCUT2D eigenvalue weighted by Gasteiger charge is -2.17. The zero-order valence-corrected chi connectivity index (χ0v) is 8.82. The summed E-state index contributed by atoms with van der Waals surface area (Å²) in [5, 5.41) is 11.3. The molecule has 2 atom stereocenters. The second kappa shape index (κ2) is 6.85.